The highest BCUT2D eigenvalue weighted by molar-refractivity contribution is 7.99. The van der Waals surface area contributed by atoms with Crippen molar-refractivity contribution in [1.82, 2.24) is 5.32 Å². The van der Waals surface area contributed by atoms with Crippen molar-refractivity contribution in [2.75, 3.05) is 18.8 Å². The summed E-state index contributed by atoms with van der Waals surface area (Å²) in [6.07, 6.45) is 0. The standard InChI is InChI=1S/C13H15NS/c1-2-3-8-14-9-11-10-15-13-7-5-4-6-12(11)13/h4-7,11,14H,8-10H2,1H3. The molecule has 0 amide bonds. The first-order valence-corrected chi connectivity index (χ1v) is 6.22. The van der Waals surface area contributed by atoms with E-state index in [1.165, 1.54) is 16.2 Å². The van der Waals surface area contributed by atoms with Gasteiger partial charge in [-0.25, -0.2) is 0 Å². The van der Waals surface area contributed by atoms with E-state index in [2.05, 4.69) is 41.4 Å². The Morgan fingerprint density at radius 3 is 3.20 bits per heavy atom. The predicted octanol–water partition coefficient (Wildman–Crippen LogP) is 2.49. The highest BCUT2D eigenvalue weighted by atomic mass is 32.2. The fourth-order valence-corrected chi connectivity index (χ4v) is 3.05. The quantitative estimate of drug-likeness (QED) is 0.616. The summed E-state index contributed by atoms with van der Waals surface area (Å²) in [5.74, 6) is 7.78. The zero-order chi connectivity index (χ0) is 10.5. The van der Waals surface area contributed by atoms with Crippen molar-refractivity contribution in [3.05, 3.63) is 29.8 Å². The van der Waals surface area contributed by atoms with Gasteiger partial charge in [0.05, 0.1) is 6.54 Å². The lowest BCUT2D eigenvalue weighted by molar-refractivity contribution is 0.664. The van der Waals surface area contributed by atoms with Gasteiger partial charge in [-0.3, -0.25) is 0 Å². The van der Waals surface area contributed by atoms with Crippen LogP contribution in [0.5, 0.6) is 0 Å². The van der Waals surface area contributed by atoms with Gasteiger partial charge in [-0.15, -0.1) is 17.7 Å². The van der Waals surface area contributed by atoms with Gasteiger partial charge in [-0.1, -0.05) is 24.1 Å². The van der Waals surface area contributed by atoms with E-state index in [0.717, 1.165) is 13.1 Å². The largest absolute Gasteiger partial charge is 0.306 e. The molecule has 1 N–H and O–H groups in total. The smallest absolute Gasteiger partial charge is 0.0576 e. The fourth-order valence-electron chi connectivity index (χ4n) is 1.80. The molecule has 15 heavy (non-hydrogen) atoms. The molecular formula is C13H15NS. The van der Waals surface area contributed by atoms with E-state index in [1.807, 2.05) is 18.7 Å². The third-order valence-electron chi connectivity index (χ3n) is 2.58. The molecule has 0 radical (unpaired) electrons. The van der Waals surface area contributed by atoms with Crippen molar-refractivity contribution in [1.29, 1.82) is 0 Å². The first-order chi connectivity index (χ1) is 7.42. The van der Waals surface area contributed by atoms with Gasteiger partial charge in [-0.2, -0.15) is 0 Å². The summed E-state index contributed by atoms with van der Waals surface area (Å²) in [5, 5.41) is 3.38. The molecule has 0 aromatic heterocycles. The Bertz CT molecular complexity index is 389. The zero-order valence-corrected chi connectivity index (χ0v) is 9.73. The molecule has 1 aromatic carbocycles. The lowest BCUT2D eigenvalue weighted by atomic mass is 10.0. The van der Waals surface area contributed by atoms with Gasteiger partial charge in [0.25, 0.3) is 0 Å². The van der Waals surface area contributed by atoms with Crippen LogP contribution in [-0.2, 0) is 0 Å². The van der Waals surface area contributed by atoms with E-state index in [1.54, 1.807) is 0 Å². The van der Waals surface area contributed by atoms with E-state index in [4.69, 9.17) is 0 Å². The minimum atomic E-state index is 0.657. The first-order valence-electron chi connectivity index (χ1n) is 5.24. The Hall–Kier alpha value is -0.910. The Kier molecular flexibility index (Phi) is 3.71. The van der Waals surface area contributed by atoms with Crippen molar-refractivity contribution in [2.24, 2.45) is 0 Å². The maximum Gasteiger partial charge on any atom is 0.0576 e. The summed E-state index contributed by atoms with van der Waals surface area (Å²) in [6.45, 7) is 3.72. The molecule has 1 nitrogen and oxygen atoms in total. The minimum Gasteiger partial charge on any atom is -0.306 e. The van der Waals surface area contributed by atoms with Crippen molar-refractivity contribution >= 4 is 11.8 Å². The number of fused-ring (bicyclic) bond motifs is 1. The van der Waals surface area contributed by atoms with Crippen LogP contribution in [0.4, 0.5) is 0 Å². The summed E-state index contributed by atoms with van der Waals surface area (Å²) in [6, 6.07) is 8.70. The summed E-state index contributed by atoms with van der Waals surface area (Å²) in [5.41, 5.74) is 1.50. The molecule has 1 unspecified atom stereocenters. The number of hydrogen-bond acceptors (Lipinski definition) is 2. The zero-order valence-electron chi connectivity index (χ0n) is 8.92. The third-order valence-corrected chi connectivity index (χ3v) is 3.83. The van der Waals surface area contributed by atoms with Crippen LogP contribution >= 0.6 is 11.8 Å². The molecular weight excluding hydrogens is 202 g/mol. The molecule has 2 rings (SSSR count). The van der Waals surface area contributed by atoms with Gasteiger partial charge in [-0.05, 0) is 18.6 Å². The van der Waals surface area contributed by atoms with Crippen LogP contribution in [0.1, 0.15) is 18.4 Å². The van der Waals surface area contributed by atoms with Gasteiger partial charge in [0, 0.05) is 23.1 Å². The van der Waals surface area contributed by atoms with Gasteiger partial charge in [0.1, 0.15) is 0 Å². The number of benzene rings is 1. The molecule has 1 atom stereocenters. The molecule has 0 saturated heterocycles. The lowest BCUT2D eigenvalue weighted by Gasteiger charge is -2.09. The average Bonchev–Trinajstić information content (AvgIpc) is 2.68. The van der Waals surface area contributed by atoms with Crippen LogP contribution in [0.15, 0.2) is 29.2 Å². The molecule has 0 saturated carbocycles. The van der Waals surface area contributed by atoms with E-state index in [0.29, 0.717) is 5.92 Å². The van der Waals surface area contributed by atoms with Crippen molar-refractivity contribution in [3.63, 3.8) is 0 Å². The maximum atomic E-state index is 3.38. The number of rotatable bonds is 3. The molecule has 78 valence electrons. The number of nitrogens with one attached hydrogen (secondary N) is 1. The molecule has 1 aliphatic heterocycles. The summed E-state index contributed by atoms with van der Waals surface area (Å²) in [4.78, 5) is 1.45. The van der Waals surface area contributed by atoms with E-state index in [9.17, 15) is 0 Å². The van der Waals surface area contributed by atoms with Crippen LogP contribution in [0.25, 0.3) is 0 Å². The topological polar surface area (TPSA) is 12.0 Å². The van der Waals surface area contributed by atoms with E-state index < -0.39 is 0 Å². The molecule has 0 fully saturated rings. The molecule has 0 bridgehead atoms. The fraction of sp³-hybridized carbons (Fsp3) is 0.385. The second kappa shape index (κ2) is 5.25. The van der Waals surface area contributed by atoms with Gasteiger partial charge >= 0.3 is 0 Å². The number of thioether (sulfide) groups is 1. The highest BCUT2D eigenvalue weighted by Gasteiger charge is 2.21. The second-order valence-electron chi connectivity index (χ2n) is 3.60. The molecule has 1 heterocycles. The number of hydrogen-bond donors (Lipinski definition) is 1. The normalized spacial score (nSPS) is 18.1. The maximum absolute atomic E-state index is 3.38. The Morgan fingerprint density at radius 1 is 1.47 bits per heavy atom. The van der Waals surface area contributed by atoms with Crippen LogP contribution in [0, 0.1) is 11.8 Å². The Morgan fingerprint density at radius 2 is 2.33 bits per heavy atom. The molecule has 0 aliphatic carbocycles. The summed E-state index contributed by atoms with van der Waals surface area (Å²) in [7, 11) is 0. The Balaban J connectivity index is 1.92. The van der Waals surface area contributed by atoms with Crippen LogP contribution in [0.2, 0.25) is 0 Å². The molecule has 0 spiro atoms. The van der Waals surface area contributed by atoms with Crippen molar-refractivity contribution < 1.29 is 0 Å². The summed E-state index contributed by atoms with van der Waals surface area (Å²) >= 11 is 1.96. The summed E-state index contributed by atoms with van der Waals surface area (Å²) < 4.78 is 0. The minimum absolute atomic E-state index is 0.657. The van der Waals surface area contributed by atoms with Gasteiger partial charge in [0.2, 0.25) is 0 Å². The second-order valence-corrected chi connectivity index (χ2v) is 4.67. The predicted molar refractivity (Wildman–Crippen MR) is 66.2 cm³/mol. The van der Waals surface area contributed by atoms with Crippen molar-refractivity contribution in [3.8, 4) is 11.8 Å². The van der Waals surface area contributed by atoms with Crippen LogP contribution in [0.3, 0.4) is 0 Å². The highest BCUT2D eigenvalue weighted by Crippen LogP contribution is 2.38. The van der Waals surface area contributed by atoms with Gasteiger partial charge in [0.15, 0.2) is 0 Å². The third kappa shape index (κ3) is 2.56. The Labute approximate surface area is 95.7 Å². The van der Waals surface area contributed by atoms with E-state index in [-0.39, 0.29) is 0 Å². The van der Waals surface area contributed by atoms with Crippen molar-refractivity contribution in [2.45, 2.75) is 17.7 Å². The van der Waals surface area contributed by atoms with Gasteiger partial charge < -0.3 is 5.32 Å². The molecule has 1 aliphatic rings. The van der Waals surface area contributed by atoms with Crippen LogP contribution in [-0.4, -0.2) is 18.8 Å². The first kappa shape index (κ1) is 10.6. The lowest BCUT2D eigenvalue weighted by Crippen LogP contribution is -2.21. The average molecular weight is 217 g/mol. The molecule has 2 heteroatoms. The van der Waals surface area contributed by atoms with E-state index >= 15 is 0 Å². The van der Waals surface area contributed by atoms with Crippen LogP contribution < -0.4 is 5.32 Å². The monoisotopic (exact) mass is 217 g/mol. The SMILES string of the molecule is CC#CCNCC1CSc2ccccc21. The molecule has 1 aromatic rings.